The Labute approximate surface area is 133 Å². The number of amides is 1. The van der Waals surface area contributed by atoms with Gasteiger partial charge in [-0.25, -0.2) is 0 Å². The van der Waals surface area contributed by atoms with Crippen LogP contribution in [0.5, 0.6) is 5.75 Å². The van der Waals surface area contributed by atoms with Gasteiger partial charge in [-0.1, -0.05) is 19.9 Å². The third kappa shape index (κ3) is 4.23. The number of ether oxygens (including phenoxy) is 2. The van der Waals surface area contributed by atoms with Gasteiger partial charge >= 0.3 is 0 Å². The number of carbonyl (C=O) groups excluding carboxylic acids is 1. The molecule has 4 heteroatoms. The van der Waals surface area contributed by atoms with Crippen molar-refractivity contribution in [1.29, 1.82) is 0 Å². The van der Waals surface area contributed by atoms with E-state index >= 15 is 0 Å². The zero-order valence-electron chi connectivity index (χ0n) is 14.1. The molecule has 0 aromatic heterocycles. The molecule has 1 aromatic rings. The summed E-state index contributed by atoms with van der Waals surface area (Å²) in [7, 11) is 3.37. The van der Waals surface area contributed by atoms with Crippen LogP contribution >= 0.6 is 0 Å². The molecule has 2 rings (SSSR count). The summed E-state index contributed by atoms with van der Waals surface area (Å²) >= 11 is 0. The molecule has 0 aliphatic carbocycles. The predicted octanol–water partition coefficient (Wildman–Crippen LogP) is 3.03. The van der Waals surface area contributed by atoms with Gasteiger partial charge in [0.05, 0.1) is 13.7 Å². The lowest BCUT2D eigenvalue weighted by Gasteiger charge is -2.28. The largest absolute Gasteiger partial charge is 0.497 e. The number of hydrogen-bond acceptors (Lipinski definition) is 3. The minimum absolute atomic E-state index is 0.124. The first kappa shape index (κ1) is 16.8. The topological polar surface area (TPSA) is 38.8 Å². The Morgan fingerprint density at radius 3 is 2.73 bits per heavy atom. The molecular formula is C18H27NO3. The second-order valence-electron chi connectivity index (χ2n) is 6.83. The molecule has 1 heterocycles. The van der Waals surface area contributed by atoms with E-state index in [1.54, 1.807) is 14.2 Å². The van der Waals surface area contributed by atoms with Crippen LogP contribution in [0.3, 0.4) is 0 Å². The monoisotopic (exact) mass is 305 g/mol. The summed E-state index contributed by atoms with van der Waals surface area (Å²) in [5.74, 6) is 1.10. The molecule has 0 bridgehead atoms. The van der Waals surface area contributed by atoms with Crippen LogP contribution in [0, 0.1) is 5.41 Å². The zero-order chi connectivity index (χ0) is 16.2. The molecule has 1 aromatic carbocycles. The lowest BCUT2D eigenvalue weighted by molar-refractivity contribution is -0.134. The molecule has 0 atom stereocenters. The highest BCUT2D eigenvalue weighted by atomic mass is 16.5. The van der Waals surface area contributed by atoms with Gasteiger partial charge in [-0.05, 0) is 41.5 Å². The molecule has 0 saturated heterocycles. The van der Waals surface area contributed by atoms with Crippen molar-refractivity contribution < 1.29 is 14.3 Å². The number of benzene rings is 1. The van der Waals surface area contributed by atoms with Gasteiger partial charge in [0, 0.05) is 26.6 Å². The summed E-state index contributed by atoms with van der Waals surface area (Å²) in [6, 6.07) is 6.15. The first-order valence-electron chi connectivity index (χ1n) is 7.88. The van der Waals surface area contributed by atoms with E-state index in [0.717, 1.165) is 25.1 Å². The molecule has 0 unspecified atom stereocenters. The van der Waals surface area contributed by atoms with Gasteiger partial charge in [0.25, 0.3) is 0 Å². The molecule has 0 saturated carbocycles. The fraction of sp³-hybridized carbons (Fsp3) is 0.611. The van der Waals surface area contributed by atoms with Crippen LogP contribution < -0.4 is 4.74 Å². The number of carbonyl (C=O) groups is 1. The van der Waals surface area contributed by atoms with E-state index in [1.807, 2.05) is 11.0 Å². The second-order valence-corrected chi connectivity index (χ2v) is 6.83. The molecule has 1 aliphatic heterocycles. The molecule has 1 amide bonds. The maximum Gasteiger partial charge on any atom is 0.223 e. The van der Waals surface area contributed by atoms with E-state index in [9.17, 15) is 4.79 Å². The molecule has 122 valence electrons. The molecule has 1 aliphatic rings. The quantitative estimate of drug-likeness (QED) is 0.839. The average molecular weight is 305 g/mol. The summed E-state index contributed by atoms with van der Waals surface area (Å²) in [6.45, 7) is 6.26. The smallest absolute Gasteiger partial charge is 0.223 e. The lowest BCUT2D eigenvalue weighted by atomic mass is 9.89. The van der Waals surface area contributed by atoms with E-state index in [1.165, 1.54) is 11.1 Å². The van der Waals surface area contributed by atoms with Crippen LogP contribution in [-0.4, -0.2) is 38.2 Å². The Hall–Kier alpha value is -1.55. The molecule has 0 radical (unpaired) electrons. The van der Waals surface area contributed by atoms with E-state index in [-0.39, 0.29) is 11.3 Å². The third-order valence-electron chi connectivity index (χ3n) is 4.17. The van der Waals surface area contributed by atoms with Crippen molar-refractivity contribution in [2.45, 2.75) is 39.7 Å². The number of hydrogen-bond donors (Lipinski definition) is 0. The highest BCUT2D eigenvalue weighted by Crippen LogP contribution is 2.26. The average Bonchev–Trinajstić information content (AvgIpc) is 2.67. The summed E-state index contributed by atoms with van der Waals surface area (Å²) in [6.07, 6.45) is 2.51. The Balaban J connectivity index is 2.08. The van der Waals surface area contributed by atoms with Crippen molar-refractivity contribution in [2.75, 3.05) is 27.4 Å². The van der Waals surface area contributed by atoms with Gasteiger partial charge in [0.15, 0.2) is 0 Å². The summed E-state index contributed by atoms with van der Waals surface area (Å²) in [4.78, 5) is 14.6. The number of rotatable bonds is 5. The Morgan fingerprint density at radius 2 is 2.05 bits per heavy atom. The molecule has 22 heavy (non-hydrogen) atoms. The van der Waals surface area contributed by atoms with Crippen LogP contribution in [-0.2, 0) is 22.5 Å². The van der Waals surface area contributed by atoms with E-state index in [4.69, 9.17) is 9.47 Å². The fourth-order valence-electron chi connectivity index (χ4n) is 3.04. The zero-order valence-corrected chi connectivity index (χ0v) is 14.1. The molecule has 0 fully saturated rings. The first-order valence-corrected chi connectivity index (χ1v) is 7.88. The van der Waals surface area contributed by atoms with Crippen LogP contribution in [0.25, 0.3) is 0 Å². The predicted molar refractivity (Wildman–Crippen MR) is 87.0 cm³/mol. The van der Waals surface area contributed by atoms with Crippen molar-refractivity contribution in [3.05, 3.63) is 29.3 Å². The second kappa shape index (κ2) is 7.14. The van der Waals surface area contributed by atoms with Crippen molar-refractivity contribution in [2.24, 2.45) is 5.41 Å². The Kier molecular flexibility index (Phi) is 5.46. The van der Waals surface area contributed by atoms with Crippen molar-refractivity contribution in [3.63, 3.8) is 0 Å². The van der Waals surface area contributed by atoms with Crippen molar-refractivity contribution >= 4 is 5.91 Å². The number of aryl methyl sites for hydroxylation is 1. The van der Waals surface area contributed by atoms with Crippen LogP contribution in [0.1, 0.15) is 37.8 Å². The van der Waals surface area contributed by atoms with E-state index in [2.05, 4.69) is 26.0 Å². The van der Waals surface area contributed by atoms with E-state index < -0.39 is 0 Å². The summed E-state index contributed by atoms with van der Waals surface area (Å²) in [5.41, 5.74) is 2.41. The molecule has 0 spiro atoms. The number of nitrogens with zero attached hydrogens (tertiary/aromatic N) is 1. The van der Waals surface area contributed by atoms with Crippen molar-refractivity contribution in [3.8, 4) is 5.75 Å². The highest BCUT2D eigenvalue weighted by Gasteiger charge is 2.26. The maximum atomic E-state index is 12.6. The van der Waals surface area contributed by atoms with Gasteiger partial charge in [-0.3, -0.25) is 4.79 Å². The Bertz CT molecular complexity index is 525. The molecular weight excluding hydrogens is 278 g/mol. The van der Waals surface area contributed by atoms with Gasteiger partial charge in [0.2, 0.25) is 5.91 Å². The minimum atomic E-state index is -0.124. The summed E-state index contributed by atoms with van der Waals surface area (Å²) < 4.78 is 10.5. The normalized spacial score (nSPS) is 15.2. The van der Waals surface area contributed by atoms with Crippen molar-refractivity contribution in [1.82, 2.24) is 4.90 Å². The first-order chi connectivity index (χ1) is 10.4. The van der Waals surface area contributed by atoms with Gasteiger partial charge < -0.3 is 14.4 Å². The molecule has 4 nitrogen and oxygen atoms in total. The highest BCUT2D eigenvalue weighted by molar-refractivity contribution is 5.77. The van der Waals surface area contributed by atoms with Crippen LogP contribution in [0.4, 0.5) is 0 Å². The van der Waals surface area contributed by atoms with Gasteiger partial charge in [-0.15, -0.1) is 0 Å². The van der Waals surface area contributed by atoms with Crippen LogP contribution in [0.15, 0.2) is 18.2 Å². The van der Waals surface area contributed by atoms with Crippen LogP contribution in [0.2, 0.25) is 0 Å². The summed E-state index contributed by atoms with van der Waals surface area (Å²) in [5, 5.41) is 0. The maximum absolute atomic E-state index is 12.6. The number of methoxy groups -OCH3 is 2. The SMILES string of the molecule is COCC(C)(C)CC(=O)N1CCCc2cc(OC)ccc2C1. The van der Waals surface area contributed by atoms with Gasteiger partial charge in [-0.2, -0.15) is 0 Å². The van der Waals surface area contributed by atoms with E-state index in [0.29, 0.717) is 19.6 Å². The fourth-order valence-corrected chi connectivity index (χ4v) is 3.04. The molecule has 0 N–H and O–H groups in total. The third-order valence-corrected chi connectivity index (χ3v) is 4.17. The lowest BCUT2D eigenvalue weighted by Crippen LogP contribution is -2.35. The standard InChI is InChI=1S/C18H27NO3/c1-18(2,13-21-3)11-17(20)19-9-5-6-14-10-16(22-4)8-7-15(14)12-19/h7-8,10H,5-6,9,11-13H2,1-4H3. The number of fused-ring (bicyclic) bond motifs is 1. The Morgan fingerprint density at radius 1 is 1.27 bits per heavy atom. The minimum Gasteiger partial charge on any atom is -0.497 e. The van der Waals surface area contributed by atoms with Gasteiger partial charge in [0.1, 0.15) is 5.75 Å².